The Morgan fingerprint density at radius 3 is 2.86 bits per heavy atom. The van der Waals surface area contributed by atoms with Gasteiger partial charge < -0.3 is 9.84 Å². The lowest BCUT2D eigenvalue weighted by atomic mass is 9.94. The van der Waals surface area contributed by atoms with Crippen molar-refractivity contribution in [2.45, 2.75) is 70.6 Å². The maximum absolute atomic E-state index is 5.58. The van der Waals surface area contributed by atoms with Crippen molar-refractivity contribution in [3.05, 3.63) is 11.7 Å². The molecule has 1 aliphatic rings. The molecular weight excluding hydrogens is 282 g/mol. The maximum atomic E-state index is 5.58. The summed E-state index contributed by atoms with van der Waals surface area (Å²) in [5.41, 5.74) is 0. The van der Waals surface area contributed by atoms with Gasteiger partial charge in [-0.15, -0.1) is 0 Å². The Kier molecular flexibility index (Phi) is 7.04. The molecule has 1 aromatic heterocycles. The van der Waals surface area contributed by atoms with E-state index < -0.39 is 0 Å². The van der Waals surface area contributed by atoms with Crippen molar-refractivity contribution < 1.29 is 4.52 Å². The van der Waals surface area contributed by atoms with Crippen molar-refractivity contribution >= 4 is 11.8 Å². The molecule has 5 heteroatoms. The lowest BCUT2D eigenvalue weighted by Crippen LogP contribution is -2.34. The molecule has 2 atom stereocenters. The molecule has 0 radical (unpaired) electrons. The van der Waals surface area contributed by atoms with Crippen LogP contribution < -0.4 is 5.32 Å². The first-order valence-electron chi connectivity index (χ1n) is 8.34. The summed E-state index contributed by atoms with van der Waals surface area (Å²) in [5, 5.41) is 7.79. The molecule has 0 aromatic carbocycles. The van der Waals surface area contributed by atoms with Crippen molar-refractivity contribution in [2.24, 2.45) is 5.92 Å². The Hall–Kier alpha value is -0.550. The number of aromatic nitrogens is 2. The quantitative estimate of drug-likeness (QED) is 0.772. The third kappa shape index (κ3) is 5.29. The lowest BCUT2D eigenvalue weighted by molar-refractivity contribution is 0.304. The summed E-state index contributed by atoms with van der Waals surface area (Å²) >= 11 is 1.89. The molecule has 0 amide bonds. The van der Waals surface area contributed by atoms with E-state index in [1.807, 2.05) is 11.8 Å². The summed E-state index contributed by atoms with van der Waals surface area (Å²) < 4.78 is 5.58. The average Bonchev–Trinajstić information content (AvgIpc) is 2.78. The highest BCUT2D eigenvalue weighted by atomic mass is 32.2. The van der Waals surface area contributed by atoms with Gasteiger partial charge in [0, 0.05) is 6.04 Å². The van der Waals surface area contributed by atoms with Crippen LogP contribution in [0.4, 0.5) is 0 Å². The normalized spacial score (nSPS) is 23.4. The third-order valence-corrected chi connectivity index (χ3v) is 5.33. The fraction of sp³-hybridized carbons (Fsp3) is 0.875. The Bertz CT molecular complexity index is 408. The Morgan fingerprint density at radius 2 is 2.10 bits per heavy atom. The van der Waals surface area contributed by atoms with E-state index in [-0.39, 0.29) is 0 Å². The minimum atomic E-state index is 0.392. The van der Waals surface area contributed by atoms with Crippen LogP contribution in [0.3, 0.4) is 0 Å². The predicted octanol–water partition coefficient (Wildman–Crippen LogP) is 3.98. The molecule has 21 heavy (non-hydrogen) atoms. The summed E-state index contributed by atoms with van der Waals surface area (Å²) in [6.45, 7) is 7.65. The van der Waals surface area contributed by atoms with Crippen molar-refractivity contribution in [1.82, 2.24) is 15.5 Å². The van der Waals surface area contributed by atoms with E-state index in [1.54, 1.807) is 0 Å². The van der Waals surface area contributed by atoms with Crippen molar-refractivity contribution in [3.63, 3.8) is 0 Å². The zero-order valence-electron chi connectivity index (χ0n) is 13.6. The monoisotopic (exact) mass is 311 g/mol. The van der Waals surface area contributed by atoms with Gasteiger partial charge in [0.1, 0.15) is 0 Å². The van der Waals surface area contributed by atoms with E-state index in [0.717, 1.165) is 29.8 Å². The van der Waals surface area contributed by atoms with Gasteiger partial charge >= 0.3 is 0 Å². The molecule has 1 aromatic rings. The molecule has 2 unspecified atom stereocenters. The molecule has 120 valence electrons. The van der Waals surface area contributed by atoms with E-state index in [0.29, 0.717) is 17.9 Å². The first-order chi connectivity index (χ1) is 10.2. The number of hydrogen-bond donors (Lipinski definition) is 1. The third-order valence-electron chi connectivity index (χ3n) is 3.97. The lowest BCUT2D eigenvalue weighted by Gasteiger charge is -2.22. The molecule has 1 heterocycles. The minimum Gasteiger partial charge on any atom is -0.339 e. The number of hydrogen-bond acceptors (Lipinski definition) is 5. The van der Waals surface area contributed by atoms with E-state index in [1.165, 1.54) is 32.1 Å². The Labute approximate surface area is 132 Å². The molecule has 1 fully saturated rings. The standard InChI is InChI=1S/C16H29N3OS/c1-4-17-14-9-7-5-6-8-13(14)16-18-15(19-20-16)11-21-10-12(2)3/h12-14,17H,4-11H2,1-3H3. The largest absolute Gasteiger partial charge is 0.339 e. The van der Waals surface area contributed by atoms with E-state index in [4.69, 9.17) is 4.52 Å². The zero-order chi connectivity index (χ0) is 15.1. The Morgan fingerprint density at radius 1 is 1.29 bits per heavy atom. The summed E-state index contributed by atoms with van der Waals surface area (Å²) in [6.07, 6.45) is 6.28. The van der Waals surface area contributed by atoms with Gasteiger partial charge in [-0.3, -0.25) is 0 Å². The van der Waals surface area contributed by atoms with Gasteiger partial charge in [0.25, 0.3) is 0 Å². The topological polar surface area (TPSA) is 51.0 Å². The summed E-state index contributed by atoms with van der Waals surface area (Å²) in [7, 11) is 0. The molecule has 0 aliphatic heterocycles. The summed E-state index contributed by atoms with van der Waals surface area (Å²) in [4.78, 5) is 4.67. The molecule has 2 rings (SSSR count). The van der Waals surface area contributed by atoms with Crippen molar-refractivity contribution in [1.29, 1.82) is 0 Å². The molecule has 4 nitrogen and oxygen atoms in total. The number of nitrogens with one attached hydrogen (secondary N) is 1. The molecule has 0 spiro atoms. The van der Waals surface area contributed by atoms with E-state index in [2.05, 4.69) is 36.2 Å². The SMILES string of the molecule is CCNC1CCCCCC1c1nc(CSCC(C)C)no1. The van der Waals surface area contributed by atoms with Gasteiger partial charge in [0.05, 0.1) is 11.7 Å². The van der Waals surface area contributed by atoms with Crippen LogP contribution in [-0.4, -0.2) is 28.5 Å². The molecule has 1 aliphatic carbocycles. The summed E-state index contributed by atoms with van der Waals surface area (Å²) in [5.74, 6) is 4.82. The van der Waals surface area contributed by atoms with Gasteiger partial charge in [-0.1, -0.05) is 45.2 Å². The van der Waals surface area contributed by atoms with Crippen LogP contribution in [0.25, 0.3) is 0 Å². The fourth-order valence-corrected chi connectivity index (χ4v) is 3.86. The van der Waals surface area contributed by atoms with Crippen LogP contribution >= 0.6 is 11.8 Å². The van der Waals surface area contributed by atoms with Crippen LogP contribution in [0.2, 0.25) is 0 Å². The second-order valence-electron chi connectivity index (χ2n) is 6.37. The van der Waals surface area contributed by atoms with E-state index in [9.17, 15) is 0 Å². The van der Waals surface area contributed by atoms with Gasteiger partial charge in [-0.25, -0.2) is 0 Å². The summed E-state index contributed by atoms with van der Waals surface area (Å²) in [6, 6.07) is 0.495. The van der Waals surface area contributed by atoms with Crippen LogP contribution in [0.5, 0.6) is 0 Å². The second-order valence-corrected chi connectivity index (χ2v) is 7.40. The van der Waals surface area contributed by atoms with Gasteiger partial charge in [0.15, 0.2) is 5.82 Å². The van der Waals surface area contributed by atoms with Crippen LogP contribution in [0.1, 0.15) is 70.5 Å². The highest BCUT2D eigenvalue weighted by molar-refractivity contribution is 7.98. The molecular formula is C16H29N3OS. The first-order valence-corrected chi connectivity index (χ1v) is 9.49. The predicted molar refractivity (Wildman–Crippen MR) is 88.6 cm³/mol. The maximum Gasteiger partial charge on any atom is 0.231 e. The zero-order valence-corrected chi connectivity index (χ0v) is 14.4. The average molecular weight is 311 g/mol. The number of nitrogens with zero attached hydrogens (tertiary/aromatic N) is 2. The number of thioether (sulfide) groups is 1. The Balaban J connectivity index is 1.96. The van der Waals surface area contributed by atoms with Crippen molar-refractivity contribution in [2.75, 3.05) is 12.3 Å². The van der Waals surface area contributed by atoms with Crippen LogP contribution in [-0.2, 0) is 5.75 Å². The minimum absolute atomic E-state index is 0.392. The second kappa shape index (κ2) is 8.79. The van der Waals surface area contributed by atoms with Gasteiger partial charge in [0.2, 0.25) is 5.89 Å². The molecule has 0 bridgehead atoms. The van der Waals surface area contributed by atoms with Crippen LogP contribution in [0, 0.1) is 5.92 Å². The van der Waals surface area contributed by atoms with E-state index >= 15 is 0 Å². The fourth-order valence-electron chi connectivity index (χ4n) is 2.97. The van der Waals surface area contributed by atoms with Gasteiger partial charge in [-0.2, -0.15) is 16.7 Å². The smallest absolute Gasteiger partial charge is 0.231 e. The molecule has 1 saturated carbocycles. The molecule has 1 N–H and O–H groups in total. The van der Waals surface area contributed by atoms with Crippen molar-refractivity contribution in [3.8, 4) is 0 Å². The highest BCUT2D eigenvalue weighted by Crippen LogP contribution is 2.31. The van der Waals surface area contributed by atoms with Gasteiger partial charge in [-0.05, 0) is 31.1 Å². The molecule has 0 saturated heterocycles. The highest BCUT2D eigenvalue weighted by Gasteiger charge is 2.29. The number of rotatable bonds is 7. The number of likely N-dealkylation sites (N-methyl/N-ethyl adjacent to an activating group) is 1. The first kappa shape index (κ1) is 16.8. The van der Waals surface area contributed by atoms with Crippen LogP contribution in [0.15, 0.2) is 4.52 Å².